The number of aryl methyl sites for hydroxylation is 1. The largest absolute Gasteiger partial charge is 0.384 e. The third-order valence-corrected chi connectivity index (χ3v) is 3.99. The summed E-state index contributed by atoms with van der Waals surface area (Å²) < 4.78 is 0. The maximum atomic E-state index is 10.5. The Morgan fingerprint density at radius 1 is 1.64 bits per heavy atom. The fourth-order valence-electron chi connectivity index (χ4n) is 2.26. The molecule has 0 aromatic carbocycles. The molecule has 1 aliphatic heterocycles. The van der Waals surface area contributed by atoms with Crippen LogP contribution in [0.2, 0.25) is 0 Å². The molecule has 2 unspecified atom stereocenters. The van der Waals surface area contributed by atoms with E-state index in [0.29, 0.717) is 0 Å². The molecule has 2 atom stereocenters. The zero-order valence-corrected chi connectivity index (χ0v) is 9.53. The van der Waals surface area contributed by atoms with Crippen LogP contribution < -0.4 is 5.32 Å². The molecule has 14 heavy (non-hydrogen) atoms. The molecular weight excluding hydrogens is 194 g/mol. The molecule has 0 amide bonds. The number of aliphatic hydroxyl groups is 1. The van der Waals surface area contributed by atoms with E-state index in [1.54, 1.807) is 11.3 Å². The summed E-state index contributed by atoms with van der Waals surface area (Å²) in [5.74, 6) is 0. The van der Waals surface area contributed by atoms with Gasteiger partial charge < -0.3 is 10.4 Å². The summed E-state index contributed by atoms with van der Waals surface area (Å²) in [6.45, 7) is 5.03. The fraction of sp³-hybridized carbons (Fsp3) is 0.636. The molecule has 1 saturated heterocycles. The summed E-state index contributed by atoms with van der Waals surface area (Å²) in [5.41, 5.74) is 0.377. The average Bonchev–Trinajstić information content (AvgIpc) is 2.72. The van der Waals surface area contributed by atoms with Crippen LogP contribution in [-0.2, 0) is 5.60 Å². The van der Waals surface area contributed by atoms with Crippen molar-refractivity contribution in [2.45, 2.75) is 38.3 Å². The highest BCUT2D eigenvalue weighted by Gasteiger charge is 2.36. The Hall–Kier alpha value is -0.380. The van der Waals surface area contributed by atoms with Gasteiger partial charge in [0.25, 0.3) is 0 Å². The van der Waals surface area contributed by atoms with E-state index in [9.17, 15) is 5.11 Å². The van der Waals surface area contributed by atoms with E-state index in [0.717, 1.165) is 18.5 Å². The summed E-state index contributed by atoms with van der Waals surface area (Å²) in [5, 5.41) is 15.9. The number of thiophene rings is 1. The molecular formula is C11H17NOS. The van der Waals surface area contributed by atoms with Crippen molar-refractivity contribution in [1.29, 1.82) is 0 Å². The van der Waals surface area contributed by atoms with Gasteiger partial charge in [-0.15, -0.1) is 11.3 Å². The van der Waals surface area contributed by atoms with Gasteiger partial charge >= 0.3 is 0 Å². The van der Waals surface area contributed by atoms with Crippen LogP contribution in [0.4, 0.5) is 0 Å². The van der Waals surface area contributed by atoms with Gasteiger partial charge in [0, 0.05) is 10.9 Å². The van der Waals surface area contributed by atoms with E-state index < -0.39 is 5.60 Å². The molecule has 0 aliphatic carbocycles. The quantitative estimate of drug-likeness (QED) is 0.784. The summed E-state index contributed by atoms with van der Waals surface area (Å²) >= 11 is 1.70. The smallest absolute Gasteiger partial charge is 0.103 e. The Bertz CT molecular complexity index is 313. The Morgan fingerprint density at radius 2 is 2.43 bits per heavy atom. The van der Waals surface area contributed by atoms with Crippen LogP contribution in [0.5, 0.6) is 0 Å². The molecule has 0 saturated carbocycles. The number of hydrogen-bond acceptors (Lipinski definition) is 3. The number of nitrogens with one attached hydrogen (secondary N) is 1. The molecule has 2 nitrogen and oxygen atoms in total. The summed E-state index contributed by atoms with van der Waals surface area (Å²) in [6, 6.07) is 2.26. The third kappa shape index (κ3) is 1.60. The van der Waals surface area contributed by atoms with Crippen LogP contribution in [-0.4, -0.2) is 17.7 Å². The zero-order valence-electron chi connectivity index (χ0n) is 8.71. The van der Waals surface area contributed by atoms with Gasteiger partial charge in [-0.1, -0.05) is 0 Å². The first kappa shape index (κ1) is 10.1. The molecule has 1 aliphatic rings. The van der Waals surface area contributed by atoms with Crippen LogP contribution in [0.3, 0.4) is 0 Å². The Balaban J connectivity index is 2.26. The highest BCUT2D eigenvalue weighted by atomic mass is 32.1. The molecule has 0 bridgehead atoms. The van der Waals surface area contributed by atoms with Crippen LogP contribution in [0.25, 0.3) is 0 Å². The second-order valence-corrected chi connectivity index (χ2v) is 5.31. The van der Waals surface area contributed by atoms with Crippen molar-refractivity contribution in [2.75, 3.05) is 6.54 Å². The highest BCUT2D eigenvalue weighted by molar-refractivity contribution is 7.10. The number of hydrogen-bond donors (Lipinski definition) is 2. The van der Waals surface area contributed by atoms with E-state index in [-0.39, 0.29) is 6.04 Å². The first-order valence-corrected chi connectivity index (χ1v) is 6.00. The minimum absolute atomic E-state index is 0.218. The van der Waals surface area contributed by atoms with Gasteiger partial charge in [-0.2, -0.15) is 0 Å². The Morgan fingerprint density at radius 3 is 2.93 bits per heavy atom. The maximum absolute atomic E-state index is 10.5. The summed E-state index contributed by atoms with van der Waals surface area (Å²) in [6.07, 6.45) is 2.24. The molecule has 0 spiro atoms. The first-order chi connectivity index (χ1) is 6.62. The lowest BCUT2D eigenvalue weighted by atomic mass is 9.88. The lowest BCUT2D eigenvalue weighted by Gasteiger charge is -2.30. The van der Waals surface area contributed by atoms with Crippen LogP contribution in [0.1, 0.15) is 30.2 Å². The van der Waals surface area contributed by atoms with Crippen molar-refractivity contribution >= 4 is 11.3 Å². The van der Waals surface area contributed by atoms with Gasteiger partial charge in [-0.25, -0.2) is 0 Å². The van der Waals surface area contributed by atoms with Crippen molar-refractivity contribution in [3.05, 3.63) is 21.9 Å². The van der Waals surface area contributed by atoms with Gasteiger partial charge in [0.15, 0.2) is 0 Å². The lowest BCUT2D eigenvalue weighted by molar-refractivity contribution is 0.0217. The van der Waals surface area contributed by atoms with Crippen molar-refractivity contribution < 1.29 is 5.11 Å². The molecule has 1 fully saturated rings. The predicted octanol–water partition coefficient (Wildman–Crippen LogP) is 2.02. The molecule has 0 radical (unpaired) electrons. The van der Waals surface area contributed by atoms with E-state index in [1.165, 1.54) is 11.3 Å². The van der Waals surface area contributed by atoms with E-state index >= 15 is 0 Å². The van der Waals surface area contributed by atoms with Crippen LogP contribution in [0.15, 0.2) is 11.4 Å². The molecule has 1 aromatic rings. The van der Waals surface area contributed by atoms with Crippen molar-refractivity contribution in [2.24, 2.45) is 0 Å². The van der Waals surface area contributed by atoms with Crippen molar-refractivity contribution in [3.63, 3.8) is 0 Å². The highest BCUT2D eigenvalue weighted by Crippen LogP contribution is 2.33. The topological polar surface area (TPSA) is 32.3 Å². The summed E-state index contributed by atoms with van der Waals surface area (Å²) in [4.78, 5) is 1.23. The lowest BCUT2D eigenvalue weighted by Crippen LogP contribution is -2.43. The van der Waals surface area contributed by atoms with E-state index in [1.807, 2.05) is 18.4 Å². The minimum atomic E-state index is -0.708. The minimum Gasteiger partial charge on any atom is -0.384 e. The summed E-state index contributed by atoms with van der Waals surface area (Å²) in [7, 11) is 0. The van der Waals surface area contributed by atoms with E-state index in [4.69, 9.17) is 0 Å². The first-order valence-electron chi connectivity index (χ1n) is 5.12. The molecule has 2 rings (SSSR count). The predicted molar refractivity (Wildman–Crippen MR) is 59.7 cm³/mol. The van der Waals surface area contributed by atoms with Crippen molar-refractivity contribution in [3.8, 4) is 0 Å². The molecule has 2 heterocycles. The van der Waals surface area contributed by atoms with Crippen molar-refractivity contribution in [1.82, 2.24) is 5.32 Å². The second kappa shape index (κ2) is 3.65. The standard InChI is InChI=1S/C11H17NOS/c1-8-9(5-7-14-8)11(2,13)10-4-3-6-12-10/h5,7,10,12-13H,3-4,6H2,1-2H3. The molecule has 78 valence electrons. The van der Waals surface area contributed by atoms with Gasteiger partial charge in [0.1, 0.15) is 5.60 Å². The SMILES string of the molecule is Cc1sccc1C(C)(O)C1CCCN1. The third-order valence-electron chi connectivity index (χ3n) is 3.14. The zero-order chi connectivity index (χ0) is 10.2. The van der Waals surface area contributed by atoms with Gasteiger partial charge in [-0.3, -0.25) is 0 Å². The maximum Gasteiger partial charge on any atom is 0.103 e. The fourth-order valence-corrected chi connectivity index (χ4v) is 3.07. The van der Waals surface area contributed by atoms with Crippen LogP contribution >= 0.6 is 11.3 Å². The normalized spacial score (nSPS) is 26.4. The Kier molecular flexibility index (Phi) is 2.64. The molecule has 2 N–H and O–H groups in total. The monoisotopic (exact) mass is 211 g/mol. The van der Waals surface area contributed by atoms with Crippen LogP contribution in [0, 0.1) is 6.92 Å². The second-order valence-electron chi connectivity index (χ2n) is 4.19. The molecule has 3 heteroatoms. The van der Waals surface area contributed by atoms with E-state index in [2.05, 4.69) is 12.2 Å². The number of rotatable bonds is 2. The van der Waals surface area contributed by atoms with Gasteiger partial charge in [0.05, 0.1) is 0 Å². The molecule has 1 aromatic heterocycles. The average molecular weight is 211 g/mol. The Labute approximate surface area is 89.0 Å². The van der Waals surface area contributed by atoms with Gasteiger partial charge in [-0.05, 0) is 50.2 Å². The van der Waals surface area contributed by atoms with Gasteiger partial charge in [0.2, 0.25) is 0 Å².